The fraction of sp³-hybridized carbons (Fsp3) is 0.600. The molecule has 1 unspecified atom stereocenters. The minimum absolute atomic E-state index is 0.0960. The van der Waals surface area contributed by atoms with Crippen molar-refractivity contribution >= 4 is 11.6 Å². The molecule has 2 fully saturated rings. The van der Waals surface area contributed by atoms with Gasteiger partial charge in [0.1, 0.15) is 12.3 Å². The summed E-state index contributed by atoms with van der Waals surface area (Å²) < 4.78 is 35.3. The van der Waals surface area contributed by atoms with Crippen molar-refractivity contribution in [2.45, 2.75) is 51.2 Å². The van der Waals surface area contributed by atoms with E-state index in [4.69, 9.17) is 4.74 Å². The van der Waals surface area contributed by atoms with Crippen molar-refractivity contribution in [2.24, 2.45) is 0 Å². The number of likely N-dealkylation sites (tertiary alicyclic amines) is 2. The summed E-state index contributed by atoms with van der Waals surface area (Å²) in [5, 5.41) is 3.39. The van der Waals surface area contributed by atoms with Gasteiger partial charge in [0.25, 0.3) is 0 Å². The lowest BCUT2D eigenvalue weighted by atomic mass is 10.0. The van der Waals surface area contributed by atoms with Crippen molar-refractivity contribution in [1.82, 2.24) is 19.8 Å². The molecule has 0 spiro atoms. The van der Waals surface area contributed by atoms with Crippen LogP contribution < -0.4 is 15.0 Å². The van der Waals surface area contributed by atoms with Crippen LogP contribution in [0.25, 0.3) is 11.3 Å². The van der Waals surface area contributed by atoms with Crippen LogP contribution in [-0.2, 0) is 0 Å². The average molecular weight is 473 g/mol. The Morgan fingerprint density at radius 1 is 1.06 bits per heavy atom. The fourth-order valence-electron chi connectivity index (χ4n) is 5.39. The van der Waals surface area contributed by atoms with Gasteiger partial charge in [0.2, 0.25) is 5.95 Å². The summed E-state index contributed by atoms with van der Waals surface area (Å²) in [6.45, 7) is 9.42. The first-order valence-corrected chi connectivity index (χ1v) is 12.3. The second kappa shape index (κ2) is 9.62. The Labute approximate surface area is 200 Å². The molecule has 5 rings (SSSR count). The van der Waals surface area contributed by atoms with Gasteiger partial charge in [-0.3, -0.25) is 4.90 Å². The maximum absolute atomic E-state index is 14.9. The van der Waals surface area contributed by atoms with Crippen molar-refractivity contribution in [1.29, 1.82) is 0 Å². The molecule has 2 saturated heterocycles. The van der Waals surface area contributed by atoms with E-state index in [9.17, 15) is 8.78 Å². The second-order valence-corrected chi connectivity index (χ2v) is 9.99. The number of ether oxygens (including phenoxy) is 1. The molecule has 3 aliphatic heterocycles. The Kier molecular flexibility index (Phi) is 6.57. The monoisotopic (exact) mass is 472 g/mol. The molecule has 184 valence electrons. The lowest BCUT2D eigenvalue weighted by molar-refractivity contribution is 0.143. The number of halogens is 2. The van der Waals surface area contributed by atoms with Crippen LogP contribution in [0.3, 0.4) is 0 Å². The lowest BCUT2D eigenvalue weighted by Crippen LogP contribution is -2.43. The fourth-order valence-corrected chi connectivity index (χ4v) is 5.39. The number of aromatic nitrogens is 2. The minimum Gasteiger partial charge on any atom is -0.486 e. The van der Waals surface area contributed by atoms with E-state index in [2.05, 4.69) is 37.0 Å². The Morgan fingerprint density at radius 3 is 2.62 bits per heavy atom. The molecule has 9 heteroatoms. The molecular formula is C25H34F2N6O. The van der Waals surface area contributed by atoms with E-state index in [1.54, 1.807) is 6.07 Å². The zero-order chi connectivity index (χ0) is 23.8. The molecule has 0 aliphatic carbocycles. The summed E-state index contributed by atoms with van der Waals surface area (Å²) in [6, 6.07) is 4.07. The van der Waals surface area contributed by atoms with Crippen molar-refractivity contribution < 1.29 is 13.5 Å². The summed E-state index contributed by atoms with van der Waals surface area (Å²) in [6.07, 6.45) is 4.56. The van der Waals surface area contributed by atoms with E-state index in [1.807, 2.05) is 13.8 Å². The molecule has 3 aliphatic rings. The van der Waals surface area contributed by atoms with Gasteiger partial charge in [0.05, 0.1) is 18.4 Å². The van der Waals surface area contributed by atoms with Crippen LogP contribution in [0.2, 0.25) is 0 Å². The van der Waals surface area contributed by atoms with Crippen LogP contribution in [0.4, 0.5) is 20.4 Å². The number of hydrogen-bond acceptors (Lipinski definition) is 7. The van der Waals surface area contributed by atoms with E-state index in [0.29, 0.717) is 36.4 Å². The van der Waals surface area contributed by atoms with Crippen LogP contribution in [0.1, 0.15) is 33.1 Å². The third-order valence-corrected chi connectivity index (χ3v) is 7.31. The van der Waals surface area contributed by atoms with Crippen LogP contribution >= 0.6 is 0 Å². The van der Waals surface area contributed by atoms with Gasteiger partial charge in [-0.1, -0.05) is 0 Å². The summed E-state index contributed by atoms with van der Waals surface area (Å²) in [5.74, 6) is -0.481. The molecule has 1 N–H and O–H groups in total. The summed E-state index contributed by atoms with van der Waals surface area (Å²) in [4.78, 5) is 15.6. The SMILES string of the molecule is CC(C)N1CCOc2c(F)cc(-c3nc(NC4CCN(C5CCN(C)CC5)C4)ncc3F)cc21. The zero-order valence-corrected chi connectivity index (χ0v) is 20.2. The molecule has 0 amide bonds. The van der Waals surface area contributed by atoms with Crippen LogP contribution in [-0.4, -0.2) is 84.3 Å². The van der Waals surface area contributed by atoms with E-state index in [-0.39, 0.29) is 23.5 Å². The highest BCUT2D eigenvalue weighted by Crippen LogP contribution is 2.39. The van der Waals surface area contributed by atoms with Gasteiger partial charge < -0.3 is 19.9 Å². The standard InChI is InChI=1S/C25H34F2N6O/c1-16(2)33-10-11-34-24-20(26)12-17(13-22(24)33)23-21(27)14-28-25(30-23)29-18-4-9-32(15-18)19-5-7-31(3)8-6-19/h12-14,16,18-19H,4-11,15H2,1-3H3,(H,28,29,30). The zero-order valence-electron chi connectivity index (χ0n) is 20.2. The number of nitrogens with zero attached hydrogens (tertiary/aromatic N) is 5. The molecule has 1 atom stereocenters. The van der Waals surface area contributed by atoms with Crippen molar-refractivity contribution in [3.05, 3.63) is 30.0 Å². The topological polar surface area (TPSA) is 56.8 Å². The molecule has 0 radical (unpaired) electrons. The quantitative estimate of drug-likeness (QED) is 0.714. The maximum Gasteiger partial charge on any atom is 0.223 e. The van der Waals surface area contributed by atoms with Gasteiger partial charge in [-0.25, -0.2) is 18.7 Å². The number of piperidine rings is 1. The van der Waals surface area contributed by atoms with Gasteiger partial charge >= 0.3 is 0 Å². The van der Waals surface area contributed by atoms with Gasteiger partial charge in [-0.05, 0) is 65.4 Å². The Morgan fingerprint density at radius 2 is 1.85 bits per heavy atom. The van der Waals surface area contributed by atoms with Gasteiger partial charge in [0, 0.05) is 36.8 Å². The average Bonchev–Trinajstić information content (AvgIpc) is 3.28. The minimum atomic E-state index is -0.572. The first-order valence-electron chi connectivity index (χ1n) is 12.3. The largest absolute Gasteiger partial charge is 0.486 e. The van der Waals surface area contributed by atoms with Gasteiger partial charge in [-0.15, -0.1) is 0 Å². The van der Waals surface area contributed by atoms with E-state index in [1.165, 1.54) is 25.1 Å². The molecule has 7 nitrogen and oxygen atoms in total. The number of hydrogen-bond donors (Lipinski definition) is 1. The number of nitrogens with one attached hydrogen (secondary N) is 1. The van der Waals surface area contributed by atoms with E-state index in [0.717, 1.165) is 32.6 Å². The Hall–Kier alpha value is -2.52. The molecule has 4 heterocycles. The third-order valence-electron chi connectivity index (χ3n) is 7.31. The van der Waals surface area contributed by atoms with Crippen molar-refractivity contribution in [3.8, 4) is 17.0 Å². The number of anilines is 2. The number of fused-ring (bicyclic) bond motifs is 1. The predicted molar refractivity (Wildman–Crippen MR) is 129 cm³/mol. The number of benzene rings is 1. The molecular weight excluding hydrogens is 438 g/mol. The normalized spacial score (nSPS) is 22.2. The lowest BCUT2D eigenvalue weighted by Gasteiger charge is -2.35. The van der Waals surface area contributed by atoms with E-state index >= 15 is 0 Å². The van der Waals surface area contributed by atoms with E-state index < -0.39 is 11.6 Å². The molecule has 34 heavy (non-hydrogen) atoms. The molecule has 2 aromatic rings. The first kappa shape index (κ1) is 23.2. The van der Waals surface area contributed by atoms with Crippen molar-refractivity contribution in [3.63, 3.8) is 0 Å². The molecule has 0 saturated carbocycles. The highest BCUT2D eigenvalue weighted by atomic mass is 19.1. The first-order chi connectivity index (χ1) is 16.4. The summed E-state index contributed by atoms with van der Waals surface area (Å²) >= 11 is 0. The van der Waals surface area contributed by atoms with Crippen molar-refractivity contribution in [2.75, 3.05) is 56.6 Å². The smallest absolute Gasteiger partial charge is 0.223 e. The third kappa shape index (κ3) is 4.68. The molecule has 1 aromatic carbocycles. The predicted octanol–water partition coefficient (Wildman–Crippen LogP) is 3.61. The second-order valence-electron chi connectivity index (χ2n) is 9.99. The van der Waals surface area contributed by atoms with Gasteiger partial charge in [-0.2, -0.15) is 0 Å². The number of rotatable bonds is 5. The molecule has 1 aromatic heterocycles. The maximum atomic E-state index is 14.9. The Balaban J connectivity index is 1.34. The Bertz CT molecular complexity index is 1030. The highest BCUT2D eigenvalue weighted by Gasteiger charge is 2.31. The van der Waals surface area contributed by atoms with Crippen LogP contribution in [0.5, 0.6) is 5.75 Å². The summed E-state index contributed by atoms with van der Waals surface area (Å²) in [7, 11) is 2.18. The summed E-state index contributed by atoms with van der Waals surface area (Å²) in [5.41, 5.74) is 1.11. The molecule has 0 bridgehead atoms. The van der Waals surface area contributed by atoms with Crippen LogP contribution in [0.15, 0.2) is 18.3 Å². The highest BCUT2D eigenvalue weighted by molar-refractivity contribution is 5.72. The van der Waals surface area contributed by atoms with Crippen LogP contribution in [0, 0.1) is 11.6 Å². The van der Waals surface area contributed by atoms with Gasteiger partial charge in [0.15, 0.2) is 17.4 Å².